The molecule has 1 aliphatic rings. The SMILES string of the molecule is COc1ccc(CNC(=O)CN2CCCC(O)(COc3ccccc3)CC2)cc1. The number of hydrogen-bond donors (Lipinski definition) is 2. The van der Waals surface area contributed by atoms with Crippen LogP contribution in [0.5, 0.6) is 11.5 Å². The predicted molar refractivity (Wildman–Crippen MR) is 112 cm³/mol. The quantitative estimate of drug-likeness (QED) is 0.715. The maximum atomic E-state index is 12.3. The Kier molecular flexibility index (Phi) is 7.49. The van der Waals surface area contributed by atoms with Crippen molar-refractivity contribution in [2.45, 2.75) is 31.4 Å². The van der Waals surface area contributed by atoms with Gasteiger partial charge in [0, 0.05) is 13.1 Å². The number of methoxy groups -OCH3 is 1. The van der Waals surface area contributed by atoms with Crippen LogP contribution in [-0.4, -0.2) is 54.9 Å². The molecular formula is C23H30N2O4. The molecule has 0 saturated carbocycles. The number of carbonyl (C=O) groups is 1. The summed E-state index contributed by atoms with van der Waals surface area (Å²) in [6.45, 7) is 2.57. The van der Waals surface area contributed by atoms with Crippen LogP contribution in [-0.2, 0) is 11.3 Å². The first kappa shape index (κ1) is 21.1. The van der Waals surface area contributed by atoms with Gasteiger partial charge in [0.25, 0.3) is 0 Å². The van der Waals surface area contributed by atoms with Crippen LogP contribution in [0.25, 0.3) is 0 Å². The standard InChI is InChI=1S/C23H30N2O4/c1-28-20-10-8-19(9-11-20)16-24-22(26)17-25-14-5-12-23(27,13-15-25)18-29-21-6-3-2-4-7-21/h2-4,6-11,27H,5,12-18H2,1H3,(H,24,26). The van der Waals surface area contributed by atoms with E-state index in [1.165, 1.54) is 0 Å². The lowest BCUT2D eigenvalue weighted by Gasteiger charge is -2.27. The fraction of sp³-hybridized carbons (Fsp3) is 0.435. The molecule has 2 N–H and O–H groups in total. The summed E-state index contributed by atoms with van der Waals surface area (Å²) in [4.78, 5) is 14.4. The average molecular weight is 399 g/mol. The minimum absolute atomic E-state index is 0.00760. The first-order chi connectivity index (χ1) is 14.1. The summed E-state index contributed by atoms with van der Waals surface area (Å²) in [6.07, 6.45) is 2.09. The molecule has 6 nitrogen and oxygen atoms in total. The highest BCUT2D eigenvalue weighted by atomic mass is 16.5. The lowest BCUT2D eigenvalue weighted by Crippen LogP contribution is -2.40. The average Bonchev–Trinajstić information content (AvgIpc) is 2.94. The number of carbonyl (C=O) groups excluding carboxylic acids is 1. The van der Waals surface area contributed by atoms with E-state index in [4.69, 9.17) is 9.47 Å². The summed E-state index contributed by atoms with van der Waals surface area (Å²) in [5, 5.41) is 13.9. The third kappa shape index (κ3) is 6.76. The molecule has 1 atom stereocenters. The molecule has 0 aromatic heterocycles. The van der Waals surface area contributed by atoms with E-state index in [1.54, 1.807) is 7.11 Å². The molecule has 1 unspecified atom stereocenters. The number of nitrogens with one attached hydrogen (secondary N) is 1. The van der Waals surface area contributed by atoms with E-state index in [9.17, 15) is 9.90 Å². The molecule has 1 heterocycles. The van der Waals surface area contributed by atoms with E-state index in [1.807, 2.05) is 54.6 Å². The summed E-state index contributed by atoms with van der Waals surface area (Å²) < 4.78 is 10.9. The Hall–Kier alpha value is -2.57. The monoisotopic (exact) mass is 398 g/mol. The van der Waals surface area contributed by atoms with Crippen LogP contribution in [0.3, 0.4) is 0 Å². The molecule has 1 aliphatic heterocycles. The van der Waals surface area contributed by atoms with Gasteiger partial charge >= 0.3 is 0 Å². The van der Waals surface area contributed by atoms with E-state index in [0.717, 1.165) is 30.0 Å². The van der Waals surface area contributed by atoms with E-state index in [0.29, 0.717) is 32.5 Å². The molecule has 6 heteroatoms. The van der Waals surface area contributed by atoms with Gasteiger partial charge in [-0.1, -0.05) is 30.3 Å². The first-order valence-corrected chi connectivity index (χ1v) is 10.1. The van der Waals surface area contributed by atoms with Crippen LogP contribution in [0.1, 0.15) is 24.8 Å². The van der Waals surface area contributed by atoms with Gasteiger partial charge in [0.05, 0.1) is 19.3 Å². The van der Waals surface area contributed by atoms with Crippen molar-refractivity contribution in [3.63, 3.8) is 0 Å². The van der Waals surface area contributed by atoms with Gasteiger partial charge in [-0.15, -0.1) is 0 Å². The molecule has 0 spiro atoms. The van der Waals surface area contributed by atoms with Gasteiger partial charge in [0.15, 0.2) is 0 Å². The lowest BCUT2D eigenvalue weighted by atomic mass is 9.96. The Balaban J connectivity index is 1.41. The molecule has 0 radical (unpaired) electrons. The van der Waals surface area contributed by atoms with Crippen LogP contribution < -0.4 is 14.8 Å². The van der Waals surface area contributed by atoms with Crippen LogP contribution in [0.15, 0.2) is 54.6 Å². The summed E-state index contributed by atoms with van der Waals surface area (Å²) in [6, 6.07) is 17.2. The fourth-order valence-corrected chi connectivity index (χ4v) is 3.47. The van der Waals surface area contributed by atoms with Gasteiger partial charge in [-0.3, -0.25) is 9.69 Å². The number of aliphatic hydroxyl groups is 1. The Morgan fingerprint density at radius 3 is 2.55 bits per heavy atom. The second-order valence-electron chi connectivity index (χ2n) is 7.58. The molecule has 0 aliphatic carbocycles. The summed E-state index contributed by atoms with van der Waals surface area (Å²) in [5.41, 5.74) is 0.173. The van der Waals surface area contributed by atoms with Crippen molar-refractivity contribution in [2.24, 2.45) is 0 Å². The van der Waals surface area contributed by atoms with Crippen LogP contribution in [0.2, 0.25) is 0 Å². The molecule has 2 aromatic carbocycles. The van der Waals surface area contributed by atoms with Gasteiger partial charge in [0.2, 0.25) is 5.91 Å². The van der Waals surface area contributed by atoms with Gasteiger partial charge in [-0.25, -0.2) is 0 Å². The highest BCUT2D eigenvalue weighted by Crippen LogP contribution is 2.24. The number of ether oxygens (including phenoxy) is 2. The minimum Gasteiger partial charge on any atom is -0.497 e. The van der Waals surface area contributed by atoms with Crippen molar-refractivity contribution in [1.82, 2.24) is 10.2 Å². The molecule has 2 aromatic rings. The molecule has 0 bridgehead atoms. The van der Waals surface area contributed by atoms with Crippen molar-refractivity contribution < 1.29 is 19.4 Å². The molecule has 1 fully saturated rings. The van der Waals surface area contributed by atoms with Gasteiger partial charge in [0.1, 0.15) is 18.1 Å². The van der Waals surface area contributed by atoms with Gasteiger partial charge < -0.3 is 19.9 Å². The maximum Gasteiger partial charge on any atom is 0.234 e. The van der Waals surface area contributed by atoms with Crippen LogP contribution >= 0.6 is 0 Å². The molecular weight excluding hydrogens is 368 g/mol. The van der Waals surface area contributed by atoms with Crippen molar-refractivity contribution in [3.8, 4) is 11.5 Å². The predicted octanol–water partition coefficient (Wildman–Crippen LogP) is 2.61. The number of hydrogen-bond acceptors (Lipinski definition) is 5. The third-order valence-electron chi connectivity index (χ3n) is 5.28. The number of likely N-dealkylation sites (tertiary alicyclic amines) is 1. The highest BCUT2D eigenvalue weighted by molar-refractivity contribution is 5.78. The van der Waals surface area contributed by atoms with E-state index < -0.39 is 5.60 Å². The van der Waals surface area contributed by atoms with Gasteiger partial charge in [-0.2, -0.15) is 0 Å². The smallest absolute Gasteiger partial charge is 0.234 e. The maximum absolute atomic E-state index is 12.3. The Morgan fingerprint density at radius 1 is 1.07 bits per heavy atom. The van der Waals surface area contributed by atoms with Gasteiger partial charge in [-0.05, 0) is 55.6 Å². The zero-order chi connectivity index (χ0) is 20.5. The minimum atomic E-state index is -0.857. The Morgan fingerprint density at radius 2 is 1.83 bits per heavy atom. The second-order valence-corrected chi connectivity index (χ2v) is 7.58. The van der Waals surface area contributed by atoms with Crippen molar-refractivity contribution in [1.29, 1.82) is 0 Å². The van der Waals surface area contributed by atoms with Crippen LogP contribution in [0.4, 0.5) is 0 Å². The molecule has 156 valence electrons. The van der Waals surface area contributed by atoms with Crippen molar-refractivity contribution in [2.75, 3.05) is 33.4 Å². The Bertz CT molecular complexity index is 766. The number of benzene rings is 2. The highest BCUT2D eigenvalue weighted by Gasteiger charge is 2.31. The normalized spacial score (nSPS) is 19.9. The summed E-state index contributed by atoms with van der Waals surface area (Å²) in [5.74, 6) is 1.56. The topological polar surface area (TPSA) is 71.0 Å². The largest absolute Gasteiger partial charge is 0.497 e. The fourth-order valence-electron chi connectivity index (χ4n) is 3.47. The van der Waals surface area contributed by atoms with Crippen molar-refractivity contribution in [3.05, 3.63) is 60.2 Å². The molecule has 3 rings (SSSR count). The zero-order valence-corrected chi connectivity index (χ0v) is 17.0. The summed E-state index contributed by atoms with van der Waals surface area (Å²) >= 11 is 0. The first-order valence-electron chi connectivity index (χ1n) is 10.1. The van der Waals surface area contributed by atoms with E-state index in [2.05, 4.69) is 10.2 Å². The number of rotatable bonds is 8. The van der Waals surface area contributed by atoms with Crippen molar-refractivity contribution >= 4 is 5.91 Å². The lowest BCUT2D eigenvalue weighted by molar-refractivity contribution is -0.122. The molecule has 29 heavy (non-hydrogen) atoms. The summed E-state index contributed by atoms with van der Waals surface area (Å²) in [7, 11) is 1.63. The van der Waals surface area contributed by atoms with Crippen LogP contribution in [0, 0.1) is 0 Å². The molecule has 1 saturated heterocycles. The van der Waals surface area contributed by atoms with E-state index in [-0.39, 0.29) is 12.5 Å². The van der Waals surface area contributed by atoms with E-state index >= 15 is 0 Å². The number of amides is 1. The number of para-hydroxylation sites is 1. The third-order valence-corrected chi connectivity index (χ3v) is 5.28. The number of nitrogens with zero attached hydrogens (tertiary/aromatic N) is 1. The Labute approximate surface area is 172 Å². The zero-order valence-electron chi connectivity index (χ0n) is 17.0. The second kappa shape index (κ2) is 10.3. The molecule has 1 amide bonds.